The Kier molecular flexibility index (Phi) is 5.43. The molecule has 20 heavy (non-hydrogen) atoms. The molecule has 0 aliphatic carbocycles. The SMILES string of the molecule is CN=C(NCc1ccsc1)NCc1ccccc1OC. The van der Waals surface area contributed by atoms with Crippen LogP contribution in [0.3, 0.4) is 0 Å². The van der Waals surface area contributed by atoms with Crippen LogP contribution in [0, 0.1) is 0 Å². The minimum atomic E-state index is 0.674. The minimum Gasteiger partial charge on any atom is -0.496 e. The number of nitrogens with one attached hydrogen (secondary N) is 2. The molecule has 0 atom stereocenters. The van der Waals surface area contributed by atoms with Gasteiger partial charge in [-0.15, -0.1) is 0 Å². The first-order valence-electron chi connectivity index (χ1n) is 6.41. The van der Waals surface area contributed by atoms with Crippen molar-refractivity contribution in [3.8, 4) is 5.75 Å². The molecule has 5 heteroatoms. The first-order valence-corrected chi connectivity index (χ1v) is 7.35. The first-order chi connectivity index (χ1) is 9.83. The fourth-order valence-corrected chi connectivity index (χ4v) is 2.50. The molecule has 0 bridgehead atoms. The number of hydrogen-bond donors (Lipinski definition) is 2. The summed E-state index contributed by atoms with van der Waals surface area (Å²) in [5.41, 5.74) is 2.36. The normalized spacial score (nSPS) is 11.2. The number of hydrogen-bond acceptors (Lipinski definition) is 3. The number of rotatable bonds is 5. The van der Waals surface area contributed by atoms with E-state index in [0.29, 0.717) is 6.54 Å². The van der Waals surface area contributed by atoms with Crippen LogP contribution in [0.25, 0.3) is 0 Å². The second kappa shape index (κ2) is 7.55. The van der Waals surface area contributed by atoms with Gasteiger partial charge in [0.25, 0.3) is 0 Å². The molecule has 0 saturated carbocycles. The van der Waals surface area contributed by atoms with Gasteiger partial charge >= 0.3 is 0 Å². The Hall–Kier alpha value is -2.01. The van der Waals surface area contributed by atoms with Crippen molar-refractivity contribution < 1.29 is 4.74 Å². The van der Waals surface area contributed by atoms with E-state index in [4.69, 9.17) is 4.74 Å². The predicted molar refractivity (Wildman–Crippen MR) is 84.4 cm³/mol. The first kappa shape index (κ1) is 14.4. The van der Waals surface area contributed by atoms with Crippen LogP contribution in [0.4, 0.5) is 0 Å². The number of thiophene rings is 1. The van der Waals surface area contributed by atoms with E-state index in [0.717, 1.165) is 23.8 Å². The number of guanidine groups is 1. The number of benzene rings is 1. The van der Waals surface area contributed by atoms with Gasteiger partial charge in [0.05, 0.1) is 7.11 Å². The Morgan fingerprint density at radius 2 is 2.00 bits per heavy atom. The van der Waals surface area contributed by atoms with Gasteiger partial charge in [0.15, 0.2) is 5.96 Å². The van der Waals surface area contributed by atoms with Gasteiger partial charge in [0.2, 0.25) is 0 Å². The smallest absolute Gasteiger partial charge is 0.191 e. The summed E-state index contributed by atoms with van der Waals surface area (Å²) in [6.07, 6.45) is 0. The lowest BCUT2D eigenvalue weighted by Crippen LogP contribution is -2.36. The average Bonchev–Trinajstić information content (AvgIpc) is 3.01. The lowest BCUT2D eigenvalue weighted by atomic mass is 10.2. The van der Waals surface area contributed by atoms with Crippen LogP contribution >= 0.6 is 11.3 Å². The standard InChI is InChI=1S/C15H19N3OS/c1-16-15(17-9-12-7-8-20-11-12)18-10-13-5-3-4-6-14(13)19-2/h3-8,11H,9-10H2,1-2H3,(H2,16,17,18). The zero-order valence-corrected chi connectivity index (χ0v) is 12.5. The highest BCUT2D eigenvalue weighted by molar-refractivity contribution is 7.07. The molecule has 0 saturated heterocycles. The van der Waals surface area contributed by atoms with Crippen LogP contribution in [0.5, 0.6) is 5.75 Å². The fraction of sp³-hybridized carbons (Fsp3) is 0.267. The molecule has 0 spiro atoms. The monoisotopic (exact) mass is 289 g/mol. The fourth-order valence-electron chi connectivity index (χ4n) is 1.83. The molecule has 2 aromatic rings. The lowest BCUT2D eigenvalue weighted by molar-refractivity contribution is 0.409. The molecule has 0 aliphatic heterocycles. The van der Waals surface area contributed by atoms with Gasteiger partial charge in [-0.3, -0.25) is 4.99 Å². The second-order valence-electron chi connectivity index (χ2n) is 4.22. The summed E-state index contributed by atoms with van der Waals surface area (Å²) in [6.45, 7) is 1.45. The van der Waals surface area contributed by atoms with Crippen LogP contribution in [0.2, 0.25) is 0 Å². The van der Waals surface area contributed by atoms with Gasteiger partial charge in [-0.2, -0.15) is 11.3 Å². The number of nitrogens with zero attached hydrogens (tertiary/aromatic N) is 1. The van der Waals surface area contributed by atoms with E-state index in [1.54, 1.807) is 25.5 Å². The number of ether oxygens (including phenoxy) is 1. The van der Waals surface area contributed by atoms with Crippen molar-refractivity contribution in [1.82, 2.24) is 10.6 Å². The number of methoxy groups -OCH3 is 1. The van der Waals surface area contributed by atoms with Crippen LogP contribution < -0.4 is 15.4 Å². The van der Waals surface area contributed by atoms with E-state index in [2.05, 4.69) is 32.5 Å². The largest absolute Gasteiger partial charge is 0.496 e. The van der Waals surface area contributed by atoms with E-state index in [9.17, 15) is 0 Å². The molecule has 1 heterocycles. The predicted octanol–water partition coefficient (Wildman–Crippen LogP) is 2.62. The van der Waals surface area contributed by atoms with Crippen LogP contribution in [-0.4, -0.2) is 20.1 Å². The van der Waals surface area contributed by atoms with E-state index < -0.39 is 0 Å². The van der Waals surface area contributed by atoms with E-state index >= 15 is 0 Å². The van der Waals surface area contributed by atoms with Gasteiger partial charge in [0, 0.05) is 25.7 Å². The summed E-state index contributed by atoms with van der Waals surface area (Å²) < 4.78 is 5.33. The van der Waals surface area contributed by atoms with Crippen molar-refractivity contribution in [1.29, 1.82) is 0 Å². The molecule has 106 valence electrons. The summed E-state index contributed by atoms with van der Waals surface area (Å²) in [5.74, 6) is 1.66. The maximum absolute atomic E-state index is 5.33. The summed E-state index contributed by atoms with van der Waals surface area (Å²) in [7, 11) is 3.45. The molecule has 0 fully saturated rings. The number of para-hydroxylation sites is 1. The molecule has 1 aromatic heterocycles. The zero-order valence-electron chi connectivity index (χ0n) is 11.7. The third kappa shape index (κ3) is 3.99. The molecule has 4 nitrogen and oxygen atoms in total. The molecule has 2 rings (SSSR count). The van der Waals surface area contributed by atoms with Gasteiger partial charge in [0.1, 0.15) is 5.75 Å². The molecular weight excluding hydrogens is 270 g/mol. The highest BCUT2D eigenvalue weighted by Crippen LogP contribution is 2.16. The average molecular weight is 289 g/mol. The van der Waals surface area contributed by atoms with E-state index in [1.165, 1.54) is 5.56 Å². The summed E-state index contributed by atoms with van der Waals surface area (Å²) in [5, 5.41) is 10.8. The Balaban J connectivity index is 1.87. The van der Waals surface area contributed by atoms with Crippen LogP contribution in [-0.2, 0) is 13.1 Å². The molecule has 0 amide bonds. The molecule has 0 aliphatic rings. The second-order valence-corrected chi connectivity index (χ2v) is 5.00. The van der Waals surface area contributed by atoms with Crippen molar-refractivity contribution in [2.24, 2.45) is 4.99 Å². The van der Waals surface area contributed by atoms with Crippen molar-refractivity contribution in [2.45, 2.75) is 13.1 Å². The van der Waals surface area contributed by atoms with Crippen molar-refractivity contribution >= 4 is 17.3 Å². The van der Waals surface area contributed by atoms with Gasteiger partial charge in [-0.25, -0.2) is 0 Å². The summed E-state index contributed by atoms with van der Waals surface area (Å²) >= 11 is 1.70. The molecule has 0 unspecified atom stereocenters. The lowest BCUT2D eigenvalue weighted by Gasteiger charge is -2.13. The topological polar surface area (TPSA) is 45.7 Å². The highest BCUT2D eigenvalue weighted by atomic mass is 32.1. The molecule has 2 N–H and O–H groups in total. The zero-order chi connectivity index (χ0) is 14.2. The van der Waals surface area contributed by atoms with Crippen molar-refractivity contribution in [3.05, 3.63) is 52.2 Å². The maximum Gasteiger partial charge on any atom is 0.191 e. The minimum absolute atomic E-state index is 0.674. The van der Waals surface area contributed by atoms with Gasteiger partial charge in [-0.05, 0) is 28.5 Å². The third-order valence-electron chi connectivity index (χ3n) is 2.90. The van der Waals surface area contributed by atoms with Gasteiger partial charge in [-0.1, -0.05) is 18.2 Å². The third-order valence-corrected chi connectivity index (χ3v) is 3.63. The molecule has 1 aromatic carbocycles. The number of aliphatic imine (C=N–C) groups is 1. The van der Waals surface area contributed by atoms with Crippen molar-refractivity contribution in [2.75, 3.05) is 14.2 Å². The maximum atomic E-state index is 5.33. The van der Waals surface area contributed by atoms with E-state index in [-0.39, 0.29) is 0 Å². The van der Waals surface area contributed by atoms with Crippen molar-refractivity contribution in [3.63, 3.8) is 0 Å². The Labute approximate surface area is 123 Å². The van der Waals surface area contributed by atoms with Gasteiger partial charge < -0.3 is 15.4 Å². The van der Waals surface area contributed by atoms with Crippen LogP contribution in [0.15, 0.2) is 46.1 Å². The Bertz CT molecular complexity index is 552. The molecule has 0 radical (unpaired) electrons. The Morgan fingerprint density at radius 1 is 1.20 bits per heavy atom. The van der Waals surface area contributed by atoms with E-state index in [1.807, 2.05) is 24.3 Å². The quantitative estimate of drug-likeness (QED) is 0.657. The van der Waals surface area contributed by atoms with Crippen LogP contribution in [0.1, 0.15) is 11.1 Å². The summed E-state index contributed by atoms with van der Waals surface area (Å²) in [6, 6.07) is 10.1. The Morgan fingerprint density at radius 3 is 2.70 bits per heavy atom. The molecular formula is C15H19N3OS. The highest BCUT2D eigenvalue weighted by Gasteiger charge is 2.03. The summed E-state index contributed by atoms with van der Waals surface area (Å²) in [4.78, 5) is 4.22.